The number of carbonyl (C=O) groups excluding carboxylic acids is 1. The number of morpholine rings is 1. The number of halogens is 5. The predicted molar refractivity (Wildman–Crippen MR) is 159 cm³/mol. The molecule has 46 heavy (non-hydrogen) atoms. The first kappa shape index (κ1) is 32.5. The molecule has 1 aliphatic heterocycles. The Kier molecular flexibility index (Phi) is 8.85. The molecule has 2 atom stereocenters. The van der Waals surface area contributed by atoms with Crippen LogP contribution in [0.3, 0.4) is 0 Å². The summed E-state index contributed by atoms with van der Waals surface area (Å²) in [6.45, 7) is 2.46. The summed E-state index contributed by atoms with van der Waals surface area (Å²) >= 11 is 0. The van der Waals surface area contributed by atoms with Crippen LogP contribution in [0.4, 0.5) is 27.6 Å². The maximum absolute atomic E-state index is 15.1. The summed E-state index contributed by atoms with van der Waals surface area (Å²) in [4.78, 5) is 43.6. The maximum Gasteiger partial charge on any atom is 0.411 e. The number of pyridine rings is 2. The first-order valence-electron chi connectivity index (χ1n) is 14.2. The zero-order valence-corrected chi connectivity index (χ0v) is 24.9. The number of aromatic nitrogens is 2. The number of hydrogen-bond acceptors (Lipinski definition) is 6. The molecule has 1 aliphatic rings. The highest BCUT2D eigenvalue weighted by molar-refractivity contribution is 5.99. The standard InChI is InChI=1S/C32H29F5N4O5/c1-16-11-17(2)40(3)30(43)26(16)21-7-6-18(20-5-4-8-38-28(20)21)12-24(31(44)45)39-29(42)27-22(33)13-19(14-23(27)34)41-9-10-46-15-25(41)32(35,36)37/h4-8,11,13-14,24-25H,9-10,12,15H2,1-3H3,(H,39,42)(H,44,45). The van der Waals surface area contributed by atoms with Crippen molar-refractivity contribution in [3.63, 3.8) is 0 Å². The van der Waals surface area contributed by atoms with E-state index in [1.54, 1.807) is 45.2 Å². The van der Waals surface area contributed by atoms with Crippen molar-refractivity contribution in [1.29, 1.82) is 0 Å². The van der Waals surface area contributed by atoms with Crippen LogP contribution >= 0.6 is 0 Å². The number of ether oxygens (including phenoxy) is 1. The van der Waals surface area contributed by atoms with Crippen LogP contribution in [0.2, 0.25) is 0 Å². The SMILES string of the molecule is Cc1cc(C)n(C)c(=O)c1-c1ccc(CC(NC(=O)c2c(F)cc(N3CCOCC3C(F)(F)F)cc2F)C(=O)O)c2cccnc12. The van der Waals surface area contributed by atoms with Crippen molar-refractivity contribution in [3.05, 3.63) is 93.0 Å². The average Bonchev–Trinajstić information content (AvgIpc) is 2.99. The smallest absolute Gasteiger partial charge is 0.411 e. The number of hydrogen-bond donors (Lipinski definition) is 2. The number of alkyl halides is 3. The minimum atomic E-state index is -4.75. The molecule has 2 N–H and O–H groups in total. The van der Waals surface area contributed by atoms with Crippen LogP contribution in [0.15, 0.2) is 53.5 Å². The van der Waals surface area contributed by atoms with E-state index in [1.165, 1.54) is 10.8 Å². The number of carboxylic acids is 1. The molecular weight excluding hydrogens is 615 g/mol. The van der Waals surface area contributed by atoms with Gasteiger partial charge in [-0.15, -0.1) is 0 Å². The Morgan fingerprint density at radius 3 is 2.48 bits per heavy atom. The third-order valence-electron chi connectivity index (χ3n) is 8.12. The molecule has 5 rings (SSSR count). The monoisotopic (exact) mass is 644 g/mol. The molecule has 3 heterocycles. The number of fused-ring (bicyclic) bond motifs is 1. The summed E-state index contributed by atoms with van der Waals surface area (Å²) in [5, 5.41) is 12.6. The first-order valence-corrected chi connectivity index (χ1v) is 14.2. The van der Waals surface area contributed by atoms with E-state index in [9.17, 15) is 32.7 Å². The molecule has 1 saturated heterocycles. The highest BCUT2D eigenvalue weighted by atomic mass is 19.4. The summed E-state index contributed by atoms with van der Waals surface area (Å²) in [7, 11) is 1.64. The fourth-order valence-corrected chi connectivity index (χ4v) is 5.69. The predicted octanol–water partition coefficient (Wildman–Crippen LogP) is 4.69. The van der Waals surface area contributed by atoms with Crippen LogP contribution in [-0.2, 0) is 23.0 Å². The van der Waals surface area contributed by atoms with E-state index in [-0.39, 0.29) is 25.1 Å². The van der Waals surface area contributed by atoms with Gasteiger partial charge in [0, 0.05) is 48.5 Å². The van der Waals surface area contributed by atoms with Gasteiger partial charge in [-0.2, -0.15) is 13.2 Å². The van der Waals surface area contributed by atoms with E-state index < -0.39 is 59.6 Å². The summed E-state index contributed by atoms with van der Waals surface area (Å²) in [5.74, 6) is -5.83. The van der Waals surface area contributed by atoms with Gasteiger partial charge in [0.15, 0.2) is 0 Å². The van der Waals surface area contributed by atoms with Crippen molar-refractivity contribution in [1.82, 2.24) is 14.9 Å². The molecule has 1 amide bonds. The number of nitrogens with one attached hydrogen (secondary N) is 1. The van der Waals surface area contributed by atoms with Crippen molar-refractivity contribution in [2.75, 3.05) is 24.7 Å². The second-order valence-corrected chi connectivity index (χ2v) is 11.1. The zero-order valence-electron chi connectivity index (χ0n) is 24.9. The molecule has 14 heteroatoms. The van der Waals surface area contributed by atoms with E-state index in [0.29, 0.717) is 45.3 Å². The molecular formula is C32H29F5N4O5. The number of aliphatic carboxylic acids is 1. The van der Waals surface area contributed by atoms with Gasteiger partial charge in [-0.3, -0.25) is 14.6 Å². The van der Waals surface area contributed by atoms with Gasteiger partial charge in [0.05, 0.1) is 24.3 Å². The average molecular weight is 645 g/mol. The normalized spacial score (nSPS) is 16.0. The van der Waals surface area contributed by atoms with E-state index in [0.717, 1.165) is 10.6 Å². The fourth-order valence-electron chi connectivity index (χ4n) is 5.69. The molecule has 0 bridgehead atoms. The Labute approximate surface area is 259 Å². The Morgan fingerprint density at radius 1 is 1.13 bits per heavy atom. The quantitative estimate of drug-likeness (QED) is 0.281. The number of anilines is 1. The van der Waals surface area contributed by atoms with Crippen LogP contribution in [0.5, 0.6) is 0 Å². The van der Waals surface area contributed by atoms with Gasteiger partial charge in [-0.25, -0.2) is 13.6 Å². The third-order valence-corrected chi connectivity index (χ3v) is 8.12. The highest BCUT2D eigenvalue weighted by Gasteiger charge is 2.46. The minimum Gasteiger partial charge on any atom is -0.480 e. The Balaban J connectivity index is 1.45. The van der Waals surface area contributed by atoms with Gasteiger partial charge >= 0.3 is 12.1 Å². The number of carboxylic acid groups (broad SMARTS) is 1. The van der Waals surface area contributed by atoms with Gasteiger partial charge < -0.3 is 24.6 Å². The second kappa shape index (κ2) is 12.5. The molecule has 0 saturated carbocycles. The van der Waals surface area contributed by atoms with E-state index in [1.807, 2.05) is 6.07 Å². The topological polar surface area (TPSA) is 114 Å². The van der Waals surface area contributed by atoms with Crippen LogP contribution in [-0.4, -0.2) is 64.6 Å². The summed E-state index contributed by atoms with van der Waals surface area (Å²) in [5.41, 5.74) is 1.41. The molecule has 242 valence electrons. The van der Waals surface area contributed by atoms with Gasteiger partial charge in [0.25, 0.3) is 11.5 Å². The van der Waals surface area contributed by atoms with Gasteiger partial charge in [-0.1, -0.05) is 18.2 Å². The summed E-state index contributed by atoms with van der Waals surface area (Å²) < 4.78 is 77.2. The number of carbonyl (C=O) groups is 2. The van der Waals surface area contributed by atoms with Crippen molar-refractivity contribution in [3.8, 4) is 11.1 Å². The summed E-state index contributed by atoms with van der Waals surface area (Å²) in [6, 6.07) is 5.77. The van der Waals surface area contributed by atoms with E-state index in [4.69, 9.17) is 4.74 Å². The number of benzene rings is 2. The zero-order chi connectivity index (χ0) is 33.5. The van der Waals surface area contributed by atoms with Crippen molar-refractivity contribution >= 4 is 28.5 Å². The summed E-state index contributed by atoms with van der Waals surface area (Å²) in [6.07, 6.45) is -3.55. The lowest BCUT2D eigenvalue weighted by Crippen LogP contribution is -2.53. The largest absolute Gasteiger partial charge is 0.480 e. The number of rotatable bonds is 7. The molecule has 9 nitrogen and oxygen atoms in total. The van der Waals surface area contributed by atoms with E-state index in [2.05, 4.69) is 10.3 Å². The molecule has 2 aromatic carbocycles. The minimum absolute atomic E-state index is 0.106. The van der Waals surface area contributed by atoms with Crippen LogP contribution in [0.25, 0.3) is 22.0 Å². The number of amides is 1. The molecule has 0 spiro atoms. The maximum atomic E-state index is 15.1. The number of aryl methyl sites for hydroxylation is 2. The molecule has 2 aromatic heterocycles. The number of nitrogens with zero attached hydrogens (tertiary/aromatic N) is 3. The van der Waals surface area contributed by atoms with Gasteiger partial charge in [-0.05, 0) is 49.2 Å². The van der Waals surface area contributed by atoms with Crippen LogP contribution in [0.1, 0.15) is 27.2 Å². The molecule has 0 radical (unpaired) electrons. The fraction of sp³-hybridized carbons (Fsp3) is 0.312. The van der Waals surface area contributed by atoms with Gasteiger partial charge in [0.2, 0.25) is 0 Å². The lowest BCUT2D eigenvalue weighted by atomic mass is 9.93. The van der Waals surface area contributed by atoms with Crippen LogP contribution < -0.4 is 15.8 Å². The second-order valence-electron chi connectivity index (χ2n) is 11.1. The molecule has 0 aliphatic carbocycles. The Hall–Kier alpha value is -4.85. The lowest BCUT2D eigenvalue weighted by molar-refractivity contribution is -0.167. The van der Waals surface area contributed by atoms with Crippen molar-refractivity contribution in [2.24, 2.45) is 7.05 Å². The Bertz CT molecular complexity index is 1890. The third kappa shape index (κ3) is 6.16. The Morgan fingerprint density at radius 2 is 1.83 bits per heavy atom. The van der Waals surface area contributed by atoms with Crippen LogP contribution in [0, 0.1) is 25.5 Å². The highest BCUT2D eigenvalue weighted by Crippen LogP contribution is 2.33. The first-order chi connectivity index (χ1) is 21.7. The molecule has 1 fully saturated rings. The van der Waals surface area contributed by atoms with Crippen molar-refractivity contribution < 1.29 is 41.4 Å². The lowest BCUT2D eigenvalue weighted by Gasteiger charge is -2.38. The molecule has 4 aromatic rings. The van der Waals surface area contributed by atoms with Crippen molar-refractivity contribution in [2.45, 2.75) is 38.5 Å². The molecule has 2 unspecified atom stereocenters. The van der Waals surface area contributed by atoms with E-state index >= 15 is 8.78 Å². The van der Waals surface area contributed by atoms with Gasteiger partial charge in [0.1, 0.15) is 29.3 Å².